The summed E-state index contributed by atoms with van der Waals surface area (Å²) in [6.07, 6.45) is 1.72. The minimum atomic E-state index is 0.788. The Labute approximate surface area is 86.9 Å². The number of methoxy groups -OCH3 is 1. The summed E-state index contributed by atoms with van der Waals surface area (Å²) >= 11 is 3.38. The molecular formula is C9H13BrN2O. The fraction of sp³-hybridized carbons (Fsp3) is 0.444. The first kappa shape index (κ1) is 10.3. The second-order valence-corrected chi connectivity index (χ2v) is 3.46. The zero-order valence-electron chi connectivity index (χ0n) is 7.83. The number of alkyl halides is 1. The van der Waals surface area contributed by atoms with Crippen LogP contribution in [-0.2, 0) is 0 Å². The molecule has 0 saturated heterocycles. The smallest absolute Gasteiger partial charge is 0.137 e. The summed E-state index contributed by atoms with van der Waals surface area (Å²) in [5.74, 6) is 1.75. The molecule has 1 heterocycles. The molecule has 0 aliphatic carbocycles. The van der Waals surface area contributed by atoms with Gasteiger partial charge in [-0.2, -0.15) is 0 Å². The molecule has 0 spiro atoms. The Morgan fingerprint density at radius 1 is 1.54 bits per heavy atom. The van der Waals surface area contributed by atoms with Crippen LogP contribution < -0.4 is 9.64 Å². The molecule has 4 heteroatoms. The fourth-order valence-corrected chi connectivity index (χ4v) is 1.49. The molecule has 1 aromatic rings. The van der Waals surface area contributed by atoms with Crippen molar-refractivity contribution in [2.75, 3.05) is 30.9 Å². The van der Waals surface area contributed by atoms with Crippen molar-refractivity contribution >= 4 is 21.7 Å². The molecule has 0 atom stereocenters. The summed E-state index contributed by atoms with van der Waals surface area (Å²) in [7, 11) is 3.65. The Morgan fingerprint density at radius 2 is 2.31 bits per heavy atom. The molecule has 72 valence electrons. The van der Waals surface area contributed by atoms with E-state index in [2.05, 4.69) is 25.8 Å². The lowest BCUT2D eigenvalue weighted by Crippen LogP contribution is -2.20. The molecule has 0 aromatic carbocycles. The number of pyridine rings is 1. The van der Waals surface area contributed by atoms with Crippen LogP contribution in [0.5, 0.6) is 5.75 Å². The monoisotopic (exact) mass is 244 g/mol. The number of aromatic nitrogens is 1. The Bertz CT molecular complexity index is 250. The van der Waals surface area contributed by atoms with Gasteiger partial charge in [-0.15, -0.1) is 0 Å². The van der Waals surface area contributed by atoms with E-state index in [1.54, 1.807) is 13.3 Å². The van der Waals surface area contributed by atoms with Crippen LogP contribution >= 0.6 is 15.9 Å². The molecule has 0 amide bonds. The topological polar surface area (TPSA) is 25.4 Å². The summed E-state index contributed by atoms with van der Waals surface area (Å²) in [5, 5.41) is 0.942. The van der Waals surface area contributed by atoms with Crippen molar-refractivity contribution in [3.8, 4) is 5.75 Å². The van der Waals surface area contributed by atoms with Crippen LogP contribution in [-0.4, -0.2) is 31.0 Å². The van der Waals surface area contributed by atoms with Gasteiger partial charge in [-0.3, -0.25) is 0 Å². The van der Waals surface area contributed by atoms with Crippen LogP contribution in [0.25, 0.3) is 0 Å². The zero-order valence-corrected chi connectivity index (χ0v) is 9.41. The van der Waals surface area contributed by atoms with E-state index in [4.69, 9.17) is 4.74 Å². The largest absolute Gasteiger partial charge is 0.495 e. The Kier molecular flexibility index (Phi) is 4.02. The molecule has 0 bridgehead atoms. The third kappa shape index (κ3) is 2.88. The van der Waals surface area contributed by atoms with E-state index >= 15 is 0 Å². The highest BCUT2D eigenvalue weighted by Crippen LogP contribution is 2.13. The highest BCUT2D eigenvalue weighted by atomic mass is 79.9. The summed E-state index contributed by atoms with van der Waals surface area (Å²) < 4.78 is 5.02. The molecule has 1 aromatic heterocycles. The first-order chi connectivity index (χ1) is 6.27. The lowest BCUT2D eigenvalue weighted by molar-refractivity contribution is 0.413. The molecule has 0 N–H and O–H groups in total. The van der Waals surface area contributed by atoms with E-state index < -0.39 is 0 Å². The van der Waals surface area contributed by atoms with E-state index in [1.165, 1.54) is 0 Å². The van der Waals surface area contributed by atoms with Crippen LogP contribution in [0.4, 0.5) is 5.82 Å². The lowest BCUT2D eigenvalue weighted by atomic mass is 10.4. The van der Waals surface area contributed by atoms with Gasteiger partial charge in [0, 0.05) is 18.9 Å². The average molecular weight is 245 g/mol. The molecule has 0 unspecified atom stereocenters. The van der Waals surface area contributed by atoms with Gasteiger partial charge in [0.25, 0.3) is 0 Å². The van der Waals surface area contributed by atoms with E-state index in [-0.39, 0.29) is 0 Å². The van der Waals surface area contributed by atoms with Crippen molar-refractivity contribution in [2.24, 2.45) is 0 Å². The highest BCUT2D eigenvalue weighted by Gasteiger charge is 2.00. The van der Waals surface area contributed by atoms with Gasteiger partial charge in [0.1, 0.15) is 11.6 Å². The first-order valence-electron chi connectivity index (χ1n) is 4.05. The molecule has 0 aliphatic heterocycles. The zero-order chi connectivity index (χ0) is 9.68. The summed E-state index contributed by atoms with van der Waals surface area (Å²) in [6.45, 7) is 0.944. The number of halogens is 1. The lowest BCUT2D eigenvalue weighted by Gasteiger charge is -2.16. The normalized spacial score (nSPS) is 9.77. The van der Waals surface area contributed by atoms with Crippen LogP contribution in [0.3, 0.4) is 0 Å². The van der Waals surface area contributed by atoms with Crippen LogP contribution in [0.1, 0.15) is 0 Å². The second-order valence-electron chi connectivity index (χ2n) is 2.67. The molecule has 0 fully saturated rings. The predicted octanol–water partition coefficient (Wildman–Crippen LogP) is 1.92. The number of anilines is 1. The summed E-state index contributed by atoms with van der Waals surface area (Å²) in [6, 6.07) is 3.86. The van der Waals surface area contributed by atoms with Crippen molar-refractivity contribution in [1.82, 2.24) is 4.98 Å². The summed E-state index contributed by atoms with van der Waals surface area (Å²) in [5.41, 5.74) is 0. The van der Waals surface area contributed by atoms with Crippen molar-refractivity contribution in [3.63, 3.8) is 0 Å². The molecule has 0 aliphatic rings. The van der Waals surface area contributed by atoms with Gasteiger partial charge in [0.2, 0.25) is 0 Å². The van der Waals surface area contributed by atoms with E-state index in [9.17, 15) is 0 Å². The number of hydrogen-bond donors (Lipinski definition) is 0. The van der Waals surface area contributed by atoms with Crippen molar-refractivity contribution in [1.29, 1.82) is 0 Å². The van der Waals surface area contributed by atoms with Crippen molar-refractivity contribution in [2.45, 2.75) is 0 Å². The number of hydrogen-bond acceptors (Lipinski definition) is 3. The molecule has 13 heavy (non-hydrogen) atoms. The van der Waals surface area contributed by atoms with Crippen LogP contribution in [0.15, 0.2) is 18.3 Å². The minimum absolute atomic E-state index is 0.788. The number of nitrogens with zero attached hydrogens (tertiary/aromatic N) is 2. The van der Waals surface area contributed by atoms with E-state index in [0.717, 1.165) is 23.4 Å². The predicted molar refractivity (Wildman–Crippen MR) is 57.9 cm³/mol. The maximum absolute atomic E-state index is 5.02. The Balaban J connectivity index is 2.67. The SMILES string of the molecule is COc1ccc(N(C)CCBr)nc1. The van der Waals surface area contributed by atoms with Gasteiger partial charge < -0.3 is 9.64 Å². The quantitative estimate of drug-likeness (QED) is 0.758. The second kappa shape index (κ2) is 5.07. The summed E-state index contributed by atoms with van der Waals surface area (Å²) in [4.78, 5) is 6.33. The molecule has 0 saturated carbocycles. The van der Waals surface area contributed by atoms with Crippen LogP contribution in [0.2, 0.25) is 0 Å². The molecule has 0 radical (unpaired) electrons. The van der Waals surface area contributed by atoms with Gasteiger partial charge >= 0.3 is 0 Å². The van der Waals surface area contributed by atoms with Crippen molar-refractivity contribution < 1.29 is 4.74 Å². The maximum Gasteiger partial charge on any atom is 0.137 e. The minimum Gasteiger partial charge on any atom is -0.495 e. The van der Waals surface area contributed by atoms with Gasteiger partial charge in [-0.1, -0.05) is 15.9 Å². The number of ether oxygens (including phenoxy) is 1. The van der Waals surface area contributed by atoms with Crippen LogP contribution in [0, 0.1) is 0 Å². The van der Waals surface area contributed by atoms with Gasteiger partial charge in [-0.05, 0) is 12.1 Å². The Hall–Kier alpha value is -0.770. The third-order valence-electron chi connectivity index (χ3n) is 1.77. The van der Waals surface area contributed by atoms with Gasteiger partial charge in [0.05, 0.1) is 13.3 Å². The Morgan fingerprint density at radius 3 is 2.77 bits per heavy atom. The fourth-order valence-electron chi connectivity index (χ4n) is 0.960. The third-order valence-corrected chi connectivity index (χ3v) is 2.12. The average Bonchev–Trinajstić information content (AvgIpc) is 2.18. The molecule has 1 rings (SSSR count). The van der Waals surface area contributed by atoms with Crippen molar-refractivity contribution in [3.05, 3.63) is 18.3 Å². The molecular weight excluding hydrogens is 232 g/mol. The standard InChI is InChI=1S/C9H13BrN2O/c1-12(6-5-10)9-4-3-8(13-2)7-11-9/h3-4,7H,5-6H2,1-2H3. The van der Waals surface area contributed by atoms with Gasteiger partial charge in [-0.25, -0.2) is 4.98 Å². The molecule has 3 nitrogen and oxygen atoms in total. The van der Waals surface area contributed by atoms with Gasteiger partial charge in [0.15, 0.2) is 0 Å². The highest BCUT2D eigenvalue weighted by molar-refractivity contribution is 9.09. The number of rotatable bonds is 4. The first-order valence-corrected chi connectivity index (χ1v) is 5.17. The van der Waals surface area contributed by atoms with E-state index in [1.807, 2.05) is 19.2 Å². The van der Waals surface area contributed by atoms with E-state index in [0.29, 0.717) is 0 Å². The maximum atomic E-state index is 5.02.